The van der Waals surface area contributed by atoms with Crippen molar-refractivity contribution in [1.82, 2.24) is 9.88 Å². The second-order valence-electron chi connectivity index (χ2n) is 6.34. The lowest BCUT2D eigenvalue weighted by Crippen LogP contribution is -2.36. The highest BCUT2D eigenvalue weighted by atomic mass is 32.2. The highest BCUT2D eigenvalue weighted by Crippen LogP contribution is 2.34. The third-order valence-electron chi connectivity index (χ3n) is 4.57. The van der Waals surface area contributed by atoms with Crippen molar-refractivity contribution in [3.8, 4) is 6.07 Å². The van der Waals surface area contributed by atoms with E-state index in [0.29, 0.717) is 48.0 Å². The Morgan fingerprint density at radius 1 is 1.37 bits per heavy atom. The minimum atomic E-state index is -0.176. The van der Waals surface area contributed by atoms with Crippen LogP contribution >= 0.6 is 24.0 Å². The number of hydrogen-bond acceptors (Lipinski definition) is 9. The maximum absolute atomic E-state index is 12.7. The van der Waals surface area contributed by atoms with E-state index >= 15 is 0 Å². The molecule has 142 valence electrons. The standard InChI is InChI=1S/C17H18N4O4S2/c18-9-12-16(20-3-6-23-7-4-20)25-14(19-12)8-13-15(22)21(17(26)27-13)10-11-2-1-5-24-11/h8,11H,1-7,10H2/b13-8-/t11-/m0/s1. The maximum atomic E-state index is 12.7. The molecule has 1 amide bonds. The lowest BCUT2D eigenvalue weighted by molar-refractivity contribution is -0.123. The van der Waals surface area contributed by atoms with Gasteiger partial charge in [-0.1, -0.05) is 24.0 Å². The van der Waals surface area contributed by atoms with Gasteiger partial charge in [-0.3, -0.25) is 9.69 Å². The topological polar surface area (TPSA) is 91.8 Å². The summed E-state index contributed by atoms with van der Waals surface area (Å²) in [4.78, 5) is 20.9. The van der Waals surface area contributed by atoms with Crippen molar-refractivity contribution in [2.75, 3.05) is 44.4 Å². The number of hydrogen-bond donors (Lipinski definition) is 0. The average molecular weight is 406 g/mol. The molecule has 0 aliphatic carbocycles. The van der Waals surface area contributed by atoms with Crippen LogP contribution in [0, 0.1) is 11.3 Å². The van der Waals surface area contributed by atoms with Crippen LogP contribution in [0.25, 0.3) is 6.08 Å². The van der Waals surface area contributed by atoms with Gasteiger partial charge in [0.2, 0.25) is 17.5 Å². The van der Waals surface area contributed by atoms with Crippen molar-refractivity contribution in [2.45, 2.75) is 18.9 Å². The normalized spacial score (nSPS) is 24.9. The summed E-state index contributed by atoms with van der Waals surface area (Å²) < 4.78 is 17.2. The largest absolute Gasteiger partial charge is 0.420 e. The Bertz CT molecular complexity index is 819. The average Bonchev–Trinajstić information content (AvgIpc) is 3.40. The van der Waals surface area contributed by atoms with Gasteiger partial charge in [0.05, 0.1) is 30.8 Å². The number of rotatable bonds is 4. The first-order valence-corrected chi connectivity index (χ1v) is 9.99. The predicted molar refractivity (Wildman–Crippen MR) is 103 cm³/mol. The van der Waals surface area contributed by atoms with E-state index in [1.807, 2.05) is 4.90 Å². The highest BCUT2D eigenvalue weighted by molar-refractivity contribution is 8.26. The minimum Gasteiger partial charge on any atom is -0.420 e. The van der Waals surface area contributed by atoms with Gasteiger partial charge >= 0.3 is 0 Å². The third-order valence-corrected chi connectivity index (χ3v) is 5.95. The molecule has 0 unspecified atom stereocenters. The summed E-state index contributed by atoms with van der Waals surface area (Å²) in [6, 6.07) is 2.05. The molecule has 3 aliphatic heterocycles. The quantitative estimate of drug-likeness (QED) is 0.548. The number of anilines is 1. The highest BCUT2D eigenvalue weighted by Gasteiger charge is 2.35. The van der Waals surface area contributed by atoms with Gasteiger partial charge in [0.15, 0.2) is 0 Å². The van der Waals surface area contributed by atoms with E-state index in [0.717, 1.165) is 19.4 Å². The molecule has 3 saturated heterocycles. The number of morpholine rings is 1. The number of thiocarbonyl (C=S) groups is 1. The number of nitriles is 1. The van der Waals surface area contributed by atoms with Crippen LogP contribution in [0.5, 0.6) is 0 Å². The molecule has 10 heteroatoms. The van der Waals surface area contributed by atoms with Crippen LogP contribution in [0.15, 0.2) is 9.32 Å². The second kappa shape index (κ2) is 7.98. The molecule has 0 aromatic carbocycles. The van der Waals surface area contributed by atoms with Crippen LogP contribution < -0.4 is 4.90 Å². The molecule has 3 fully saturated rings. The molecule has 4 heterocycles. The number of thioether (sulfide) groups is 1. The Hall–Kier alpha value is -1.93. The van der Waals surface area contributed by atoms with Gasteiger partial charge in [-0.25, -0.2) is 0 Å². The molecule has 1 atom stereocenters. The molecular formula is C17H18N4O4S2. The number of oxazole rings is 1. The van der Waals surface area contributed by atoms with Gasteiger partial charge in [-0.05, 0) is 12.8 Å². The summed E-state index contributed by atoms with van der Waals surface area (Å²) in [6.45, 7) is 3.61. The predicted octanol–water partition coefficient (Wildman–Crippen LogP) is 1.76. The molecule has 4 rings (SSSR count). The number of nitrogens with zero attached hydrogens (tertiary/aromatic N) is 4. The van der Waals surface area contributed by atoms with Crippen LogP contribution in [-0.2, 0) is 14.3 Å². The first kappa shape index (κ1) is 18.4. The fourth-order valence-corrected chi connectivity index (χ4v) is 4.44. The van der Waals surface area contributed by atoms with Crippen molar-refractivity contribution >= 4 is 46.2 Å². The summed E-state index contributed by atoms with van der Waals surface area (Å²) >= 11 is 6.56. The zero-order valence-electron chi connectivity index (χ0n) is 14.5. The summed E-state index contributed by atoms with van der Waals surface area (Å²) in [6.07, 6.45) is 3.53. The molecule has 1 aromatic heterocycles. The smallest absolute Gasteiger partial charge is 0.266 e. The van der Waals surface area contributed by atoms with Gasteiger partial charge < -0.3 is 18.8 Å². The summed E-state index contributed by atoms with van der Waals surface area (Å²) in [7, 11) is 0. The van der Waals surface area contributed by atoms with E-state index in [4.69, 9.17) is 26.1 Å². The number of carbonyl (C=O) groups is 1. The molecule has 0 radical (unpaired) electrons. The summed E-state index contributed by atoms with van der Waals surface area (Å²) in [5, 5.41) is 9.35. The van der Waals surface area contributed by atoms with E-state index < -0.39 is 0 Å². The maximum Gasteiger partial charge on any atom is 0.266 e. The Morgan fingerprint density at radius 3 is 2.89 bits per heavy atom. The first-order valence-electron chi connectivity index (χ1n) is 8.76. The van der Waals surface area contributed by atoms with Crippen LogP contribution in [0.1, 0.15) is 24.4 Å². The first-order chi connectivity index (χ1) is 13.2. The third kappa shape index (κ3) is 3.87. The molecule has 1 aromatic rings. The Balaban J connectivity index is 1.53. The van der Waals surface area contributed by atoms with Gasteiger partial charge in [-0.15, -0.1) is 0 Å². The van der Waals surface area contributed by atoms with Crippen molar-refractivity contribution in [3.63, 3.8) is 0 Å². The number of amides is 1. The molecular weight excluding hydrogens is 388 g/mol. The fourth-order valence-electron chi connectivity index (χ4n) is 3.21. The van der Waals surface area contributed by atoms with Crippen molar-refractivity contribution in [1.29, 1.82) is 5.26 Å². The molecule has 0 bridgehead atoms. The molecule has 0 N–H and O–H groups in total. The van der Waals surface area contributed by atoms with Crippen molar-refractivity contribution in [2.24, 2.45) is 0 Å². The molecule has 0 saturated carbocycles. The zero-order chi connectivity index (χ0) is 18.8. The zero-order valence-corrected chi connectivity index (χ0v) is 16.2. The SMILES string of the molecule is N#Cc1nc(/C=C2\SC(=S)N(C[C@@H]3CCCO3)C2=O)oc1N1CCOCC1. The molecule has 27 heavy (non-hydrogen) atoms. The number of ether oxygens (including phenoxy) is 2. The Kier molecular flexibility index (Phi) is 5.45. The summed E-state index contributed by atoms with van der Waals surface area (Å²) in [5.74, 6) is 0.470. The van der Waals surface area contributed by atoms with Gasteiger partial charge in [0.25, 0.3) is 5.91 Å². The fraction of sp³-hybridized carbons (Fsp3) is 0.529. The lowest BCUT2D eigenvalue weighted by Gasteiger charge is -2.25. The number of carbonyl (C=O) groups excluding carboxylic acids is 1. The van der Waals surface area contributed by atoms with Crippen LogP contribution in [0.3, 0.4) is 0 Å². The van der Waals surface area contributed by atoms with Gasteiger partial charge in [0, 0.05) is 25.8 Å². The van der Waals surface area contributed by atoms with E-state index in [1.165, 1.54) is 11.8 Å². The van der Waals surface area contributed by atoms with Gasteiger partial charge in [-0.2, -0.15) is 10.2 Å². The summed E-state index contributed by atoms with van der Waals surface area (Å²) in [5.41, 5.74) is 0.206. The molecule has 0 spiro atoms. The Labute approximate surface area is 166 Å². The minimum absolute atomic E-state index is 0.0340. The van der Waals surface area contributed by atoms with Crippen LogP contribution in [0.2, 0.25) is 0 Å². The second-order valence-corrected chi connectivity index (χ2v) is 8.02. The van der Waals surface area contributed by atoms with E-state index in [-0.39, 0.29) is 23.6 Å². The van der Waals surface area contributed by atoms with Crippen molar-refractivity contribution in [3.05, 3.63) is 16.5 Å². The van der Waals surface area contributed by atoms with E-state index in [1.54, 1.807) is 11.0 Å². The van der Waals surface area contributed by atoms with Crippen LogP contribution in [-0.4, -0.2) is 65.7 Å². The molecule has 3 aliphatic rings. The van der Waals surface area contributed by atoms with Crippen LogP contribution in [0.4, 0.5) is 5.88 Å². The monoisotopic (exact) mass is 406 g/mol. The molecule has 8 nitrogen and oxygen atoms in total. The van der Waals surface area contributed by atoms with Crippen molar-refractivity contribution < 1.29 is 18.7 Å². The van der Waals surface area contributed by atoms with E-state index in [9.17, 15) is 10.1 Å². The van der Waals surface area contributed by atoms with Gasteiger partial charge in [0.1, 0.15) is 10.4 Å². The number of aromatic nitrogens is 1. The lowest BCUT2D eigenvalue weighted by atomic mass is 10.2. The Morgan fingerprint density at radius 2 is 2.19 bits per heavy atom. The van der Waals surface area contributed by atoms with E-state index in [2.05, 4.69) is 11.1 Å².